The Balaban J connectivity index is 1.49. The van der Waals surface area contributed by atoms with Crippen molar-refractivity contribution in [2.45, 2.75) is 18.9 Å². The van der Waals surface area contributed by atoms with Gasteiger partial charge >= 0.3 is 0 Å². The van der Waals surface area contributed by atoms with Gasteiger partial charge in [0.1, 0.15) is 5.69 Å². The Bertz CT molecular complexity index is 1510. The molecule has 4 aromatic rings. The van der Waals surface area contributed by atoms with Crippen LogP contribution in [0.4, 0.5) is 5.69 Å². The number of hydrogen-bond donors (Lipinski definition) is 1. The van der Waals surface area contributed by atoms with Crippen LogP contribution in [0.5, 0.6) is 0 Å². The molecule has 0 bridgehead atoms. The summed E-state index contributed by atoms with van der Waals surface area (Å²) in [7, 11) is 0. The van der Waals surface area contributed by atoms with Gasteiger partial charge in [-0.05, 0) is 55.8 Å². The zero-order valence-corrected chi connectivity index (χ0v) is 20.2. The highest BCUT2D eigenvalue weighted by Gasteiger charge is 2.43. The lowest BCUT2D eigenvalue weighted by Gasteiger charge is -2.25. The number of fused-ring (bicyclic) bond motifs is 3. The second-order valence-electron chi connectivity index (χ2n) is 9.37. The summed E-state index contributed by atoms with van der Waals surface area (Å²) in [5.41, 5.74) is 5.30. The van der Waals surface area contributed by atoms with Crippen molar-refractivity contribution in [1.29, 1.82) is 5.26 Å². The lowest BCUT2D eigenvalue weighted by Crippen LogP contribution is -2.31. The number of amides is 1. The fraction of sp³-hybridized carbons (Fsp3) is 0.200. The first-order valence-electron chi connectivity index (χ1n) is 12.5. The number of likely N-dealkylation sites (tertiary alicyclic amines) is 1. The lowest BCUT2D eigenvalue weighted by atomic mass is 9.95. The Labute approximate surface area is 215 Å². The third kappa shape index (κ3) is 3.92. The van der Waals surface area contributed by atoms with Gasteiger partial charge in [-0.25, -0.2) is 4.68 Å². The summed E-state index contributed by atoms with van der Waals surface area (Å²) in [6, 6.07) is 28.5. The number of aromatic nitrogens is 2. The van der Waals surface area contributed by atoms with Gasteiger partial charge in [0.05, 0.1) is 23.5 Å². The van der Waals surface area contributed by atoms with E-state index in [0.29, 0.717) is 5.69 Å². The third-order valence-electron chi connectivity index (χ3n) is 7.14. The minimum Gasteiger partial charge on any atom is -0.325 e. The third-order valence-corrected chi connectivity index (χ3v) is 7.14. The van der Waals surface area contributed by atoms with Crippen molar-refractivity contribution < 1.29 is 9.59 Å². The van der Waals surface area contributed by atoms with E-state index in [1.807, 2.05) is 54.6 Å². The number of para-hydroxylation sites is 2. The first-order valence-corrected chi connectivity index (χ1v) is 12.5. The highest BCUT2D eigenvalue weighted by Crippen LogP contribution is 2.49. The maximum atomic E-state index is 13.9. The summed E-state index contributed by atoms with van der Waals surface area (Å²) in [5.74, 6) is -2.76. The molecule has 0 spiro atoms. The number of nitrogens with zero attached hydrogens (tertiary/aromatic N) is 4. The summed E-state index contributed by atoms with van der Waals surface area (Å²) >= 11 is 0. The molecule has 1 N–H and O–H groups in total. The van der Waals surface area contributed by atoms with Crippen molar-refractivity contribution in [2.75, 3.05) is 18.4 Å². The van der Waals surface area contributed by atoms with Crippen molar-refractivity contribution in [2.24, 2.45) is 5.92 Å². The van der Waals surface area contributed by atoms with Crippen LogP contribution in [-0.2, 0) is 4.79 Å². The zero-order valence-electron chi connectivity index (χ0n) is 20.2. The predicted molar refractivity (Wildman–Crippen MR) is 140 cm³/mol. The van der Waals surface area contributed by atoms with E-state index in [1.54, 1.807) is 28.9 Å². The Morgan fingerprint density at radius 3 is 2.27 bits per heavy atom. The molecule has 6 rings (SSSR count). The first-order chi connectivity index (χ1) is 18.2. The number of nitrogens with one attached hydrogen (secondary N) is 1. The van der Waals surface area contributed by atoms with Gasteiger partial charge in [0.2, 0.25) is 11.7 Å². The van der Waals surface area contributed by atoms with Gasteiger partial charge in [-0.2, -0.15) is 10.4 Å². The monoisotopic (exact) mass is 487 g/mol. The van der Waals surface area contributed by atoms with Crippen LogP contribution in [0.1, 0.15) is 40.5 Å². The molecule has 0 radical (unpaired) electrons. The minimum atomic E-state index is -1.52. The average molecular weight is 488 g/mol. The van der Waals surface area contributed by atoms with Crippen molar-refractivity contribution in [3.05, 3.63) is 102 Å². The fourth-order valence-electron chi connectivity index (χ4n) is 5.48. The predicted octanol–water partition coefficient (Wildman–Crippen LogP) is 5.00. The normalized spacial score (nSPS) is 17.0. The van der Waals surface area contributed by atoms with Crippen LogP contribution in [0.3, 0.4) is 0 Å². The van der Waals surface area contributed by atoms with Gasteiger partial charge < -0.3 is 5.32 Å². The highest BCUT2D eigenvalue weighted by molar-refractivity contribution is 6.16. The Kier molecular flexibility index (Phi) is 5.87. The van der Waals surface area contributed by atoms with Crippen LogP contribution in [0.25, 0.3) is 16.9 Å². The molecule has 7 nitrogen and oxygen atoms in total. The summed E-state index contributed by atoms with van der Waals surface area (Å²) in [4.78, 5) is 29.4. The molecule has 2 atom stereocenters. The summed E-state index contributed by atoms with van der Waals surface area (Å²) in [6.45, 7) is 1.83. The summed E-state index contributed by atoms with van der Waals surface area (Å²) < 4.78 is 1.79. The summed E-state index contributed by atoms with van der Waals surface area (Å²) in [5, 5.41) is 17.4. The molecule has 2 unspecified atom stereocenters. The number of Topliss-reactive ketones (excluding diaryl/α,β-unsaturated/α-hetero) is 1. The van der Waals surface area contributed by atoms with Crippen molar-refractivity contribution in [3.8, 4) is 23.0 Å². The van der Waals surface area contributed by atoms with Gasteiger partial charge in [0.15, 0.2) is 5.92 Å². The van der Waals surface area contributed by atoms with E-state index < -0.39 is 17.6 Å². The van der Waals surface area contributed by atoms with E-state index in [1.165, 1.54) is 0 Å². The van der Waals surface area contributed by atoms with E-state index >= 15 is 0 Å². The van der Waals surface area contributed by atoms with E-state index in [4.69, 9.17) is 5.10 Å². The molecular weight excluding hydrogens is 462 g/mol. The molecule has 1 saturated heterocycles. The number of rotatable bonds is 6. The van der Waals surface area contributed by atoms with Crippen LogP contribution >= 0.6 is 0 Å². The number of carbonyl (C=O) groups is 2. The maximum Gasteiger partial charge on any atom is 0.249 e. The number of ketones is 1. The lowest BCUT2D eigenvalue weighted by molar-refractivity contribution is -0.117. The molecule has 2 aliphatic rings. The first kappa shape index (κ1) is 22.9. The molecule has 1 aromatic heterocycles. The number of carbonyl (C=O) groups excluding carboxylic acids is 2. The van der Waals surface area contributed by atoms with E-state index in [-0.39, 0.29) is 11.7 Å². The molecule has 2 heterocycles. The SMILES string of the molecule is N#CC(C(=O)Nc1ccccc1)C(=O)c1nn(-c2ccccc2)c2c1C(N1CCCC1)c1ccccc1-2. The standard InChI is InChI=1S/C30H25N5O2/c31-19-24(30(37)32-20-11-3-1-4-12-20)29(36)26-25-27(34-17-9-10-18-34)22-15-7-8-16-23(22)28(25)35(33-26)21-13-5-2-6-14-21/h1-8,11-16,24,27H,9-10,17-18H2,(H,32,37). The van der Waals surface area contributed by atoms with Crippen molar-refractivity contribution in [1.82, 2.24) is 14.7 Å². The molecule has 182 valence electrons. The number of benzene rings is 3. The molecule has 3 aromatic carbocycles. The van der Waals surface area contributed by atoms with Crippen LogP contribution in [0.2, 0.25) is 0 Å². The van der Waals surface area contributed by atoms with E-state index in [9.17, 15) is 14.9 Å². The quantitative estimate of drug-likeness (QED) is 0.305. The van der Waals surface area contributed by atoms with Gasteiger partial charge in [-0.3, -0.25) is 14.5 Å². The molecule has 1 aliphatic heterocycles. The number of anilines is 1. The van der Waals surface area contributed by atoms with Crippen LogP contribution < -0.4 is 5.32 Å². The topological polar surface area (TPSA) is 91.0 Å². The van der Waals surface area contributed by atoms with Crippen LogP contribution in [-0.4, -0.2) is 39.5 Å². The smallest absolute Gasteiger partial charge is 0.249 e. The molecule has 1 amide bonds. The minimum absolute atomic E-state index is 0.151. The van der Waals surface area contributed by atoms with Gasteiger partial charge in [0, 0.05) is 16.8 Å². The fourth-order valence-corrected chi connectivity index (χ4v) is 5.48. The van der Waals surface area contributed by atoms with E-state index in [2.05, 4.69) is 22.3 Å². The molecule has 1 fully saturated rings. The maximum absolute atomic E-state index is 13.9. The molecule has 1 aliphatic carbocycles. The number of nitriles is 1. The molecule has 37 heavy (non-hydrogen) atoms. The Morgan fingerprint density at radius 1 is 0.919 bits per heavy atom. The van der Waals surface area contributed by atoms with E-state index in [0.717, 1.165) is 54.0 Å². The van der Waals surface area contributed by atoms with Gasteiger partial charge in [-0.1, -0.05) is 60.7 Å². The highest BCUT2D eigenvalue weighted by atomic mass is 16.2. The van der Waals surface area contributed by atoms with Gasteiger partial charge in [-0.15, -0.1) is 0 Å². The Hall–Kier alpha value is -4.54. The summed E-state index contributed by atoms with van der Waals surface area (Å²) in [6.07, 6.45) is 2.18. The molecular formula is C30H25N5O2. The largest absolute Gasteiger partial charge is 0.325 e. The van der Waals surface area contributed by atoms with Crippen molar-refractivity contribution >= 4 is 17.4 Å². The second kappa shape index (κ2) is 9.49. The zero-order chi connectivity index (χ0) is 25.4. The van der Waals surface area contributed by atoms with Crippen molar-refractivity contribution in [3.63, 3.8) is 0 Å². The van der Waals surface area contributed by atoms with Crippen LogP contribution in [0, 0.1) is 17.2 Å². The molecule has 7 heteroatoms. The average Bonchev–Trinajstić information content (AvgIpc) is 3.66. The van der Waals surface area contributed by atoms with Gasteiger partial charge in [0.25, 0.3) is 0 Å². The number of hydrogen-bond acceptors (Lipinski definition) is 5. The Morgan fingerprint density at radius 2 is 1.57 bits per heavy atom. The molecule has 0 saturated carbocycles. The second-order valence-corrected chi connectivity index (χ2v) is 9.37. The van der Waals surface area contributed by atoms with Crippen LogP contribution in [0.15, 0.2) is 84.9 Å².